The Morgan fingerprint density at radius 3 is 2.38 bits per heavy atom. The van der Waals surface area contributed by atoms with Crippen molar-refractivity contribution < 1.29 is 56.6 Å². The molecular formula is C24H39NaO6S. The summed E-state index contributed by atoms with van der Waals surface area (Å²) in [6, 6.07) is 0. The zero-order valence-corrected chi connectivity index (χ0v) is 23.0. The third kappa shape index (κ3) is 4.99. The molecule has 0 aromatic heterocycles. The Labute approximate surface area is 215 Å². The van der Waals surface area contributed by atoms with Crippen LogP contribution in [0.3, 0.4) is 0 Å². The van der Waals surface area contributed by atoms with Crippen LogP contribution in [0, 0.1) is 46.3 Å². The summed E-state index contributed by atoms with van der Waals surface area (Å²) < 4.78 is 36.4. The van der Waals surface area contributed by atoms with Crippen LogP contribution < -0.4 is 34.7 Å². The van der Waals surface area contributed by atoms with Crippen molar-refractivity contribution in [2.45, 2.75) is 97.5 Å². The van der Waals surface area contributed by atoms with E-state index in [9.17, 15) is 18.3 Å². The summed E-state index contributed by atoms with van der Waals surface area (Å²) in [6.07, 6.45) is 10.1. The molecule has 4 rings (SSSR count). The molecule has 0 unspecified atom stereocenters. The SMILES string of the molecule is C[C@H](CCC(=O)[O-])[C@H]1CC[C@H]2[C@@H]3CC[C@@H]4C[C@H](OS(=O)(=O)O)CC[C@]4(C)[C@H]3CC[C@]12C.[Na+]. The van der Waals surface area contributed by atoms with E-state index in [2.05, 4.69) is 20.8 Å². The normalized spacial score (nSPS) is 44.5. The van der Waals surface area contributed by atoms with Gasteiger partial charge in [0.25, 0.3) is 0 Å². The van der Waals surface area contributed by atoms with Gasteiger partial charge in [0.2, 0.25) is 0 Å². The Morgan fingerprint density at radius 2 is 1.72 bits per heavy atom. The van der Waals surface area contributed by atoms with Crippen LogP contribution in [-0.4, -0.2) is 25.0 Å². The van der Waals surface area contributed by atoms with E-state index in [1.54, 1.807) is 0 Å². The molecule has 0 saturated heterocycles. The first-order valence-electron chi connectivity index (χ1n) is 12.3. The third-order valence-electron chi connectivity index (χ3n) is 10.4. The summed E-state index contributed by atoms with van der Waals surface area (Å²) in [5.41, 5.74) is 0.531. The average Bonchev–Trinajstić information content (AvgIpc) is 3.02. The number of hydrogen-bond acceptors (Lipinski definition) is 5. The van der Waals surface area contributed by atoms with Crippen LogP contribution in [0.1, 0.15) is 91.4 Å². The molecule has 1 N–H and O–H groups in total. The van der Waals surface area contributed by atoms with E-state index in [1.807, 2.05) is 0 Å². The standard InChI is InChI=1S/C24H40O6S.Na/c1-15(4-9-22(25)26)19-7-8-20-18-6-5-16-14-17(30-31(27,28)29)10-12-23(16,2)21(18)11-13-24(19,20)3;/h15-21H,4-14H2,1-3H3,(H,25,26)(H,27,28,29);/q;+1/p-1/t15-,16-,17-,18+,19-,20+,21+,23+,24-;/m1./s1. The smallest absolute Gasteiger partial charge is 0.550 e. The molecule has 0 radical (unpaired) electrons. The number of rotatable bonds is 6. The Bertz CT molecular complexity index is 802. The van der Waals surface area contributed by atoms with Crippen LogP contribution in [0.25, 0.3) is 0 Å². The molecule has 6 nitrogen and oxygen atoms in total. The molecule has 8 heteroatoms. The summed E-state index contributed by atoms with van der Waals surface area (Å²) in [4.78, 5) is 11.0. The molecule has 0 aromatic rings. The first-order valence-corrected chi connectivity index (χ1v) is 13.7. The fraction of sp³-hybridized carbons (Fsp3) is 0.958. The van der Waals surface area contributed by atoms with Crippen molar-refractivity contribution in [3.63, 3.8) is 0 Å². The summed E-state index contributed by atoms with van der Waals surface area (Å²) in [5.74, 6) is 2.65. The van der Waals surface area contributed by atoms with Crippen LogP contribution in [0.4, 0.5) is 0 Å². The third-order valence-corrected chi connectivity index (χ3v) is 11.0. The van der Waals surface area contributed by atoms with E-state index in [1.165, 1.54) is 32.1 Å². The molecule has 32 heavy (non-hydrogen) atoms. The topological polar surface area (TPSA) is 104 Å². The van der Waals surface area contributed by atoms with Crippen molar-refractivity contribution in [3.05, 3.63) is 0 Å². The number of fused-ring (bicyclic) bond motifs is 5. The first-order chi connectivity index (χ1) is 14.4. The molecule has 4 saturated carbocycles. The molecule has 0 heterocycles. The fourth-order valence-corrected chi connectivity index (χ4v) is 9.52. The quantitative estimate of drug-likeness (QED) is 0.451. The second kappa shape index (κ2) is 9.77. The predicted octanol–water partition coefficient (Wildman–Crippen LogP) is 1.00. The van der Waals surface area contributed by atoms with Crippen LogP contribution in [0.15, 0.2) is 0 Å². The molecule has 0 spiro atoms. The average molecular weight is 479 g/mol. The van der Waals surface area contributed by atoms with Crippen LogP contribution >= 0.6 is 0 Å². The predicted molar refractivity (Wildman–Crippen MR) is 115 cm³/mol. The van der Waals surface area contributed by atoms with Crippen LogP contribution in [-0.2, 0) is 19.4 Å². The number of hydrogen-bond donors (Lipinski definition) is 1. The van der Waals surface area contributed by atoms with Gasteiger partial charge in [0, 0.05) is 5.97 Å². The van der Waals surface area contributed by atoms with Gasteiger partial charge >= 0.3 is 40.0 Å². The van der Waals surface area contributed by atoms with E-state index in [0.717, 1.165) is 31.6 Å². The van der Waals surface area contributed by atoms with Gasteiger partial charge in [-0.1, -0.05) is 20.8 Å². The Kier molecular flexibility index (Phi) is 8.22. The monoisotopic (exact) mass is 478 g/mol. The number of carboxylic acid groups (broad SMARTS) is 1. The van der Waals surface area contributed by atoms with Crippen molar-refractivity contribution in [1.82, 2.24) is 0 Å². The summed E-state index contributed by atoms with van der Waals surface area (Å²) in [7, 11) is -4.39. The first kappa shape index (κ1) is 26.9. The fourth-order valence-electron chi connectivity index (χ4n) is 9.00. The van der Waals surface area contributed by atoms with Gasteiger partial charge in [0.05, 0.1) is 6.10 Å². The molecule has 0 aromatic carbocycles. The second-order valence-electron chi connectivity index (χ2n) is 11.7. The van der Waals surface area contributed by atoms with Gasteiger partial charge < -0.3 is 9.90 Å². The van der Waals surface area contributed by atoms with Crippen molar-refractivity contribution >= 4 is 16.4 Å². The molecule has 4 aliphatic carbocycles. The van der Waals surface area contributed by atoms with Gasteiger partial charge in [0.15, 0.2) is 0 Å². The van der Waals surface area contributed by atoms with Crippen molar-refractivity contribution in [3.8, 4) is 0 Å². The molecule has 178 valence electrons. The largest absolute Gasteiger partial charge is 1.00 e. The maximum absolute atomic E-state index is 11.2. The second-order valence-corrected chi connectivity index (χ2v) is 12.7. The zero-order valence-electron chi connectivity index (χ0n) is 20.2. The van der Waals surface area contributed by atoms with E-state index < -0.39 is 16.4 Å². The molecule has 4 fully saturated rings. The van der Waals surface area contributed by atoms with E-state index >= 15 is 0 Å². The molecular weight excluding hydrogens is 439 g/mol. The Balaban J connectivity index is 0.00000289. The van der Waals surface area contributed by atoms with Gasteiger partial charge in [-0.05, 0) is 117 Å². The van der Waals surface area contributed by atoms with E-state index in [4.69, 9.17) is 8.74 Å². The van der Waals surface area contributed by atoms with Gasteiger partial charge in [-0.2, -0.15) is 8.42 Å². The van der Waals surface area contributed by atoms with Crippen molar-refractivity contribution in [2.24, 2.45) is 46.3 Å². The van der Waals surface area contributed by atoms with Crippen molar-refractivity contribution in [2.75, 3.05) is 0 Å². The summed E-state index contributed by atoms with van der Waals surface area (Å²) in [5, 5.41) is 11.0. The minimum Gasteiger partial charge on any atom is -0.550 e. The molecule has 0 aliphatic heterocycles. The Hall–Kier alpha value is 0.340. The Morgan fingerprint density at radius 1 is 1.06 bits per heavy atom. The van der Waals surface area contributed by atoms with Gasteiger partial charge in [-0.15, -0.1) is 0 Å². The zero-order chi connectivity index (χ0) is 22.6. The van der Waals surface area contributed by atoms with Gasteiger partial charge in [-0.3, -0.25) is 4.55 Å². The molecule has 0 amide bonds. The molecule has 9 atom stereocenters. The maximum atomic E-state index is 11.2. The summed E-state index contributed by atoms with van der Waals surface area (Å²) in [6.45, 7) is 7.14. The number of carbonyl (C=O) groups is 1. The van der Waals surface area contributed by atoms with Crippen LogP contribution in [0.5, 0.6) is 0 Å². The van der Waals surface area contributed by atoms with Crippen molar-refractivity contribution in [1.29, 1.82) is 0 Å². The molecule has 0 bridgehead atoms. The van der Waals surface area contributed by atoms with E-state index in [0.29, 0.717) is 41.4 Å². The number of carboxylic acids is 1. The number of carbonyl (C=O) groups excluding carboxylic acids is 1. The number of aliphatic carboxylic acids is 1. The van der Waals surface area contributed by atoms with E-state index in [-0.39, 0.29) is 47.5 Å². The summed E-state index contributed by atoms with van der Waals surface area (Å²) >= 11 is 0. The van der Waals surface area contributed by atoms with Gasteiger partial charge in [-0.25, -0.2) is 4.18 Å². The minimum absolute atomic E-state index is 0. The van der Waals surface area contributed by atoms with Gasteiger partial charge in [0.1, 0.15) is 0 Å². The molecule has 4 aliphatic rings. The minimum atomic E-state index is -4.39. The maximum Gasteiger partial charge on any atom is 1.00 e. The van der Waals surface area contributed by atoms with Crippen LogP contribution in [0.2, 0.25) is 0 Å².